The van der Waals surface area contributed by atoms with Crippen LogP contribution in [0.15, 0.2) is 71.8 Å². The number of hydrogen-bond donors (Lipinski definition) is 0. The molecule has 0 radical (unpaired) electrons. The van der Waals surface area contributed by atoms with Crippen LogP contribution >= 0.6 is 0 Å². The van der Waals surface area contributed by atoms with Crippen LogP contribution in [0.3, 0.4) is 0 Å². The van der Waals surface area contributed by atoms with E-state index in [0.717, 1.165) is 16.7 Å². The first-order valence-electron chi connectivity index (χ1n) is 6.60. The first-order valence-corrected chi connectivity index (χ1v) is 6.60. The maximum atomic E-state index is 9.22. The molecule has 2 aromatic rings. The summed E-state index contributed by atoms with van der Waals surface area (Å²) in [5.41, 5.74) is 3.62. The number of nitriles is 2. The van der Waals surface area contributed by atoms with Crippen molar-refractivity contribution in [3.8, 4) is 12.1 Å². The summed E-state index contributed by atoms with van der Waals surface area (Å²) < 4.78 is 0. The zero-order valence-electron chi connectivity index (χ0n) is 11.7. The minimum absolute atomic E-state index is 0.130. The molecule has 0 fully saturated rings. The van der Waals surface area contributed by atoms with Gasteiger partial charge in [-0.25, -0.2) is 0 Å². The number of benzene rings is 2. The molecule has 2 nitrogen and oxygen atoms in total. The van der Waals surface area contributed by atoms with Gasteiger partial charge in [0.05, 0.1) is 0 Å². The van der Waals surface area contributed by atoms with E-state index < -0.39 is 0 Å². The molecule has 0 spiro atoms. The Morgan fingerprint density at radius 2 is 1.38 bits per heavy atom. The normalized spacial score (nSPS) is 10.3. The van der Waals surface area contributed by atoms with Crippen molar-refractivity contribution < 1.29 is 0 Å². The van der Waals surface area contributed by atoms with Crippen LogP contribution in [0.2, 0.25) is 0 Å². The molecule has 0 unspecified atom stereocenters. The molecule has 0 aromatic heterocycles. The third kappa shape index (κ3) is 3.47. The Morgan fingerprint density at radius 1 is 0.857 bits per heavy atom. The van der Waals surface area contributed by atoms with Crippen LogP contribution in [-0.4, -0.2) is 0 Å². The highest BCUT2D eigenvalue weighted by Gasteiger charge is 2.11. The fourth-order valence-corrected chi connectivity index (χ4v) is 2.18. The molecule has 2 aromatic carbocycles. The van der Waals surface area contributed by atoms with Crippen molar-refractivity contribution in [1.29, 1.82) is 10.5 Å². The predicted molar refractivity (Wildman–Crippen MR) is 84.7 cm³/mol. The summed E-state index contributed by atoms with van der Waals surface area (Å²) in [6, 6.07) is 23.4. The summed E-state index contributed by atoms with van der Waals surface area (Å²) in [7, 11) is 0. The van der Waals surface area contributed by atoms with Crippen molar-refractivity contribution in [2.75, 3.05) is 0 Å². The highest BCUT2D eigenvalue weighted by molar-refractivity contribution is 5.89. The van der Waals surface area contributed by atoms with Crippen molar-refractivity contribution in [2.45, 2.75) is 6.92 Å². The molecule has 100 valence electrons. The molecular formula is C19H14N2. The van der Waals surface area contributed by atoms with Crippen molar-refractivity contribution in [3.05, 3.63) is 82.9 Å². The van der Waals surface area contributed by atoms with Crippen molar-refractivity contribution >= 4 is 11.6 Å². The van der Waals surface area contributed by atoms with E-state index in [1.54, 1.807) is 0 Å². The molecule has 0 saturated heterocycles. The Kier molecular flexibility index (Phi) is 4.70. The van der Waals surface area contributed by atoms with Gasteiger partial charge in [-0.3, -0.25) is 0 Å². The van der Waals surface area contributed by atoms with Crippen molar-refractivity contribution in [1.82, 2.24) is 0 Å². The largest absolute Gasteiger partial charge is 0.192 e. The predicted octanol–water partition coefficient (Wildman–Crippen LogP) is 4.59. The lowest BCUT2D eigenvalue weighted by molar-refractivity contribution is 1.43. The van der Waals surface area contributed by atoms with Gasteiger partial charge in [-0.15, -0.1) is 0 Å². The minimum atomic E-state index is 0.130. The summed E-state index contributed by atoms with van der Waals surface area (Å²) in [5, 5.41) is 18.4. The maximum Gasteiger partial charge on any atom is 0.137 e. The number of hydrogen-bond acceptors (Lipinski definition) is 2. The van der Waals surface area contributed by atoms with Gasteiger partial charge in [0, 0.05) is 5.57 Å². The summed E-state index contributed by atoms with van der Waals surface area (Å²) in [5.74, 6) is 0. The van der Waals surface area contributed by atoms with Gasteiger partial charge in [-0.2, -0.15) is 10.5 Å². The van der Waals surface area contributed by atoms with Crippen LogP contribution in [-0.2, 0) is 0 Å². The lowest BCUT2D eigenvalue weighted by Gasteiger charge is -2.09. The topological polar surface area (TPSA) is 47.6 Å². The second kappa shape index (κ2) is 6.89. The lowest BCUT2D eigenvalue weighted by Crippen LogP contribution is -1.91. The average molecular weight is 270 g/mol. The van der Waals surface area contributed by atoms with Crippen LogP contribution in [0.5, 0.6) is 0 Å². The van der Waals surface area contributed by atoms with E-state index in [4.69, 9.17) is 0 Å². The fourth-order valence-electron chi connectivity index (χ4n) is 2.18. The molecule has 21 heavy (non-hydrogen) atoms. The molecule has 0 N–H and O–H groups in total. The molecule has 0 aliphatic carbocycles. The third-order valence-electron chi connectivity index (χ3n) is 3.11. The van der Waals surface area contributed by atoms with E-state index in [9.17, 15) is 10.5 Å². The molecule has 0 amide bonds. The summed E-state index contributed by atoms with van der Waals surface area (Å²) in [6.07, 6.45) is 1.98. The Balaban J connectivity index is 2.58. The molecule has 0 aliphatic rings. The van der Waals surface area contributed by atoms with Gasteiger partial charge < -0.3 is 0 Å². The second-order valence-corrected chi connectivity index (χ2v) is 4.58. The van der Waals surface area contributed by atoms with Gasteiger partial charge in [0.2, 0.25) is 0 Å². The molecule has 2 rings (SSSR count). The molecule has 0 bridgehead atoms. The first-order chi connectivity index (χ1) is 10.3. The molecule has 0 aliphatic heterocycles. The van der Waals surface area contributed by atoms with Crippen molar-refractivity contribution in [3.63, 3.8) is 0 Å². The Bertz CT molecular complexity index is 739. The molecule has 0 atom stereocenters. The van der Waals surface area contributed by atoms with Crippen molar-refractivity contribution in [2.24, 2.45) is 0 Å². The van der Waals surface area contributed by atoms with E-state index in [1.807, 2.05) is 85.8 Å². The molecule has 0 heterocycles. The molecule has 0 saturated carbocycles. The zero-order chi connectivity index (χ0) is 15.1. The summed E-state index contributed by atoms with van der Waals surface area (Å²) in [6.45, 7) is 1.92. The Labute approximate surface area is 124 Å². The van der Waals surface area contributed by atoms with Gasteiger partial charge in [-0.1, -0.05) is 66.7 Å². The number of nitrogens with zero attached hydrogens (tertiary/aromatic N) is 2. The standard InChI is InChI=1S/C19H14N2/c1-15(12-16-8-4-2-5-9-16)19(18(13-20)14-21)17-10-6-3-7-11-17/h2-12H,1H3. The van der Waals surface area contributed by atoms with Gasteiger partial charge >= 0.3 is 0 Å². The Morgan fingerprint density at radius 3 is 1.90 bits per heavy atom. The third-order valence-corrected chi connectivity index (χ3v) is 3.11. The van der Waals surface area contributed by atoms with Crippen LogP contribution in [0.4, 0.5) is 0 Å². The van der Waals surface area contributed by atoms with Gasteiger partial charge in [-0.05, 0) is 23.6 Å². The van der Waals surface area contributed by atoms with E-state index in [2.05, 4.69) is 0 Å². The van der Waals surface area contributed by atoms with Gasteiger partial charge in [0.15, 0.2) is 0 Å². The van der Waals surface area contributed by atoms with E-state index in [0.29, 0.717) is 5.57 Å². The van der Waals surface area contributed by atoms with E-state index in [1.165, 1.54) is 0 Å². The van der Waals surface area contributed by atoms with Crippen LogP contribution in [0, 0.1) is 22.7 Å². The summed E-state index contributed by atoms with van der Waals surface area (Å²) in [4.78, 5) is 0. The first kappa shape index (κ1) is 14.3. The lowest BCUT2D eigenvalue weighted by atomic mass is 9.93. The number of rotatable bonds is 3. The quantitative estimate of drug-likeness (QED) is 0.605. The minimum Gasteiger partial charge on any atom is -0.192 e. The SMILES string of the molecule is CC(=Cc1ccccc1)C(=C(C#N)C#N)c1ccccc1. The van der Waals surface area contributed by atoms with Crippen LogP contribution in [0.1, 0.15) is 18.1 Å². The van der Waals surface area contributed by atoms with Crippen LogP contribution < -0.4 is 0 Å². The summed E-state index contributed by atoms with van der Waals surface area (Å²) >= 11 is 0. The van der Waals surface area contributed by atoms with Gasteiger partial charge in [0.25, 0.3) is 0 Å². The van der Waals surface area contributed by atoms with Gasteiger partial charge in [0.1, 0.15) is 17.7 Å². The highest BCUT2D eigenvalue weighted by Crippen LogP contribution is 2.27. The fraction of sp³-hybridized carbons (Fsp3) is 0.0526. The maximum absolute atomic E-state index is 9.22. The molecular weight excluding hydrogens is 256 g/mol. The average Bonchev–Trinajstić information content (AvgIpc) is 2.54. The second-order valence-electron chi connectivity index (χ2n) is 4.58. The zero-order valence-corrected chi connectivity index (χ0v) is 11.7. The van der Waals surface area contributed by atoms with E-state index >= 15 is 0 Å². The smallest absolute Gasteiger partial charge is 0.137 e. The highest BCUT2D eigenvalue weighted by atomic mass is 14.3. The molecule has 2 heteroatoms. The monoisotopic (exact) mass is 270 g/mol. The number of allylic oxidation sites excluding steroid dienone is 3. The Hall–Kier alpha value is -3.10. The van der Waals surface area contributed by atoms with Crippen LogP contribution in [0.25, 0.3) is 11.6 Å². The van der Waals surface area contributed by atoms with E-state index in [-0.39, 0.29) is 5.57 Å².